The summed E-state index contributed by atoms with van der Waals surface area (Å²) in [4.78, 5) is 29.0. The molecule has 0 spiro atoms. The smallest absolute Gasteiger partial charge is 0.345 e. The molecule has 0 aromatic heterocycles. The second kappa shape index (κ2) is 16.3. The number of aryl methyl sites for hydroxylation is 4. The third kappa shape index (κ3) is 9.64. The van der Waals surface area contributed by atoms with Crippen LogP contribution in [0.5, 0.6) is 11.5 Å². The first kappa shape index (κ1) is 39.1. The predicted molar refractivity (Wildman–Crippen MR) is 202 cm³/mol. The van der Waals surface area contributed by atoms with Crippen molar-refractivity contribution in [2.45, 2.75) is 81.3 Å². The maximum atomic E-state index is 13.4. The summed E-state index contributed by atoms with van der Waals surface area (Å²) in [6, 6.07) is 30.3. The summed E-state index contributed by atoms with van der Waals surface area (Å²) in [6.45, 7) is 14.3. The number of rotatable bonds is 13. The predicted octanol–water partition coefficient (Wildman–Crippen LogP) is 10.0. The van der Waals surface area contributed by atoms with Gasteiger partial charge in [0.05, 0.1) is 10.9 Å². The zero-order valence-corrected chi connectivity index (χ0v) is 32.2. The molecule has 5 aromatic rings. The van der Waals surface area contributed by atoms with Crippen LogP contribution in [0.25, 0.3) is 0 Å². The van der Waals surface area contributed by atoms with Gasteiger partial charge in [0.15, 0.2) is 27.9 Å². The standard InChI is InChI=1S/C44H45F2O6S/c1-28-22-37(23-29(2)41(28)49-26-39(47)51-43(5,6)32-14-18-34(45)19-15-32)53(36-12-10-9-11-13-36)38-24-30(3)42(31(4)25-38)50-27-40(48)52-44(7,8)33-16-20-35(46)21-17-33/h9-25H,26-27H2,1-8H3/q+1. The molecular weight excluding hydrogens is 695 g/mol. The van der Waals surface area contributed by atoms with E-state index in [2.05, 4.69) is 36.4 Å². The van der Waals surface area contributed by atoms with Crippen molar-refractivity contribution >= 4 is 22.8 Å². The topological polar surface area (TPSA) is 71.1 Å². The van der Waals surface area contributed by atoms with Gasteiger partial charge in [-0.15, -0.1) is 0 Å². The molecule has 0 unspecified atom stereocenters. The molecule has 0 heterocycles. The van der Waals surface area contributed by atoms with Crippen molar-refractivity contribution in [3.05, 3.63) is 148 Å². The highest BCUT2D eigenvalue weighted by molar-refractivity contribution is 7.97. The zero-order chi connectivity index (χ0) is 38.5. The first-order chi connectivity index (χ1) is 25.0. The fourth-order valence-electron chi connectivity index (χ4n) is 6.19. The van der Waals surface area contributed by atoms with Gasteiger partial charge in [-0.05, 0) is 125 Å². The van der Waals surface area contributed by atoms with E-state index in [1.807, 2.05) is 45.9 Å². The molecule has 9 heteroatoms. The van der Waals surface area contributed by atoms with E-state index >= 15 is 0 Å². The quantitative estimate of drug-likeness (QED) is 0.0885. The van der Waals surface area contributed by atoms with Crippen molar-refractivity contribution < 1.29 is 37.3 Å². The zero-order valence-electron chi connectivity index (χ0n) is 31.3. The van der Waals surface area contributed by atoms with Gasteiger partial charge >= 0.3 is 11.9 Å². The van der Waals surface area contributed by atoms with E-state index in [1.165, 1.54) is 24.3 Å². The molecule has 6 nitrogen and oxygen atoms in total. The number of benzene rings is 5. The van der Waals surface area contributed by atoms with Crippen LogP contribution in [0.15, 0.2) is 118 Å². The minimum atomic E-state index is -0.964. The van der Waals surface area contributed by atoms with Crippen LogP contribution in [-0.4, -0.2) is 25.2 Å². The highest BCUT2D eigenvalue weighted by atomic mass is 32.2. The highest BCUT2D eigenvalue weighted by Crippen LogP contribution is 2.38. The molecular formula is C44H45F2O6S+. The van der Waals surface area contributed by atoms with E-state index in [4.69, 9.17) is 18.9 Å². The van der Waals surface area contributed by atoms with E-state index in [0.717, 1.165) is 36.9 Å². The second-order valence-electron chi connectivity index (χ2n) is 14.0. The summed E-state index contributed by atoms with van der Waals surface area (Å²) in [5, 5.41) is 0. The molecule has 276 valence electrons. The van der Waals surface area contributed by atoms with Gasteiger partial charge in [0.1, 0.15) is 34.3 Å². The van der Waals surface area contributed by atoms with Gasteiger partial charge in [-0.3, -0.25) is 0 Å². The molecule has 0 fully saturated rings. The molecule has 0 amide bonds. The van der Waals surface area contributed by atoms with Crippen molar-refractivity contribution in [1.29, 1.82) is 0 Å². The number of hydrogen-bond donors (Lipinski definition) is 0. The Labute approximate surface area is 313 Å². The summed E-state index contributed by atoms with van der Waals surface area (Å²) < 4.78 is 50.4. The van der Waals surface area contributed by atoms with Gasteiger partial charge in [0.2, 0.25) is 0 Å². The van der Waals surface area contributed by atoms with Crippen molar-refractivity contribution in [2.75, 3.05) is 13.2 Å². The monoisotopic (exact) mass is 739 g/mol. The molecule has 0 aliphatic carbocycles. The van der Waals surface area contributed by atoms with Crippen molar-refractivity contribution in [2.24, 2.45) is 0 Å². The molecule has 0 radical (unpaired) electrons. The fourth-order valence-corrected chi connectivity index (χ4v) is 8.61. The lowest BCUT2D eigenvalue weighted by molar-refractivity contribution is -0.160. The number of carbonyl (C=O) groups excluding carboxylic acids is 2. The Hall–Kier alpha value is -5.15. The van der Waals surface area contributed by atoms with Crippen LogP contribution in [0.2, 0.25) is 0 Å². The molecule has 0 saturated carbocycles. The second-order valence-corrected chi connectivity index (χ2v) is 16.0. The largest absolute Gasteiger partial charge is 0.481 e. The minimum absolute atomic E-state index is 0.285. The lowest BCUT2D eigenvalue weighted by atomic mass is 9.98. The van der Waals surface area contributed by atoms with Crippen LogP contribution in [0, 0.1) is 39.3 Å². The highest BCUT2D eigenvalue weighted by Gasteiger charge is 2.32. The Morgan fingerprint density at radius 3 is 1.21 bits per heavy atom. The molecule has 5 aromatic carbocycles. The lowest BCUT2D eigenvalue weighted by Gasteiger charge is -2.26. The Morgan fingerprint density at radius 2 is 0.868 bits per heavy atom. The van der Waals surface area contributed by atoms with Gasteiger partial charge in [-0.25, -0.2) is 18.4 Å². The maximum absolute atomic E-state index is 13.4. The lowest BCUT2D eigenvalue weighted by Crippen LogP contribution is -2.28. The summed E-state index contributed by atoms with van der Waals surface area (Å²) in [6.07, 6.45) is 0. The SMILES string of the molecule is Cc1cc([S+](c2ccccc2)c2cc(C)c(OCC(=O)OC(C)(C)c3ccc(F)cc3)c(C)c2)cc(C)c1OCC(=O)OC(C)(C)c1ccc(F)cc1. The van der Waals surface area contributed by atoms with E-state index in [9.17, 15) is 18.4 Å². The number of hydrogen-bond acceptors (Lipinski definition) is 6. The Morgan fingerprint density at radius 1 is 0.528 bits per heavy atom. The molecule has 0 atom stereocenters. The first-order valence-corrected chi connectivity index (χ1v) is 18.5. The van der Waals surface area contributed by atoms with Crippen LogP contribution in [-0.2, 0) is 41.2 Å². The minimum Gasteiger partial charge on any atom is -0.481 e. The number of ether oxygens (including phenoxy) is 4. The van der Waals surface area contributed by atoms with Gasteiger partial charge < -0.3 is 18.9 Å². The number of halogens is 2. The van der Waals surface area contributed by atoms with E-state index in [-0.39, 0.29) is 24.8 Å². The molecule has 53 heavy (non-hydrogen) atoms. The third-order valence-electron chi connectivity index (χ3n) is 8.80. The molecule has 0 N–H and O–H groups in total. The van der Waals surface area contributed by atoms with Gasteiger partial charge in [-0.2, -0.15) is 0 Å². The van der Waals surface area contributed by atoms with Gasteiger partial charge in [-0.1, -0.05) is 42.5 Å². The van der Waals surface area contributed by atoms with Crippen LogP contribution >= 0.6 is 0 Å². The summed E-state index contributed by atoms with van der Waals surface area (Å²) in [5.74, 6) is -0.589. The summed E-state index contributed by atoms with van der Waals surface area (Å²) in [7, 11) is -0.518. The molecule has 0 aliphatic heterocycles. The average Bonchev–Trinajstić information content (AvgIpc) is 3.08. The fraction of sp³-hybridized carbons (Fsp3) is 0.273. The number of carbonyl (C=O) groups is 2. The van der Waals surface area contributed by atoms with Crippen LogP contribution in [0.4, 0.5) is 8.78 Å². The molecule has 0 saturated heterocycles. The Kier molecular flexibility index (Phi) is 12.0. The molecule has 0 aliphatic rings. The van der Waals surface area contributed by atoms with Crippen molar-refractivity contribution in [3.8, 4) is 11.5 Å². The van der Waals surface area contributed by atoms with Gasteiger partial charge in [0, 0.05) is 24.3 Å². The van der Waals surface area contributed by atoms with E-state index < -0.39 is 34.0 Å². The van der Waals surface area contributed by atoms with Crippen molar-refractivity contribution in [3.63, 3.8) is 0 Å². The number of esters is 2. The van der Waals surface area contributed by atoms with E-state index in [0.29, 0.717) is 22.6 Å². The first-order valence-electron chi connectivity index (χ1n) is 17.3. The Balaban J connectivity index is 1.33. The van der Waals surface area contributed by atoms with Gasteiger partial charge in [0.25, 0.3) is 0 Å². The molecule has 0 bridgehead atoms. The third-order valence-corrected chi connectivity index (χ3v) is 11.0. The molecule has 5 rings (SSSR count). The summed E-state index contributed by atoms with van der Waals surface area (Å²) in [5.41, 5.74) is 2.90. The average molecular weight is 740 g/mol. The van der Waals surface area contributed by atoms with Crippen LogP contribution < -0.4 is 9.47 Å². The maximum Gasteiger partial charge on any atom is 0.345 e. The van der Waals surface area contributed by atoms with Crippen LogP contribution in [0.1, 0.15) is 61.1 Å². The normalized spacial score (nSPS) is 11.7. The van der Waals surface area contributed by atoms with E-state index in [1.54, 1.807) is 52.0 Å². The van der Waals surface area contributed by atoms with Crippen LogP contribution in [0.3, 0.4) is 0 Å². The Bertz CT molecular complexity index is 1900. The summed E-state index contributed by atoms with van der Waals surface area (Å²) >= 11 is 0. The van der Waals surface area contributed by atoms with Crippen molar-refractivity contribution in [1.82, 2.24) is 0 Å².